The topological polar surface area (TPSA) is 47.4 Å². The molecule has 5 nitrogen and oxygen atoms in total. The maximum absolute atomic E-state index is 12.8. The van der Waals surface area contributed by atoms with Crippen molar-refractivity contribution in [2.24, 2.45) is 0 Å². The number of rotatable bonds is 2. The lowest BCUT2D eigenvalue weighted by Gasteiger charge is -2.34. The third-order valence-electron chi connectivity index (χ3n) is 5.00. The number of piperidine rings is 1. The number of hydrogen-bond acceptors (Lipinski definition) is 3. The van der Waals surface area contributed by atoms with E-state index in [-0.39, 0.29) is 12.0 Å². The number of benzene rings is 1. The zero-order chi connectivity index (χ0) is 16.7. The number of amides is 1. The van der Waals surface area contributed by atoms with Crippen LogP contribution in [0.25, 0.3) is 0 Å². The number of imidazole rings is 1. The van der Waals surface area contributed by atoms with E-state index in [2.05, 4.69) is 32.4 Å². The van der Waals surface area contributed by atoms with Gasteiger partial charge in [-0.05, 0) is 43.5 Å². The Morgan fingerprint density at radius 3 is 2.83 bits per heavy atom. The van der Waals surface area contributed by atoms with Crippen LogP contribution in [0.15, 0.2) is 35.2 Å². The van der Waals surface area contributed by atoms with E-state index in [1.165, 1.54) is 5.69 Å². The van der Waals surface area contributed by atoms with Gasteiger partial charge >= 0.3 is 0 Å². The fourth-order valence-electron chi connectivity index (χ4n) is 3.68. The summed E-state index contributed by atoms with van der Waals surface area (Å²) in [6, 6.07) is 6.36. The molecule has 0 aliphatic carbocycles. The van der Waals surface area contributed by atoms with E-state index in [0.29, 0.717) is 12.5 Å². The standard InChI is InChI=1S/C18H20BrN3O2/c1-12-10-20-11-22(12)15-4-6-21(7-5-15)18(23)17-9-13-8-14(19)2-3-16(13)24-17/h2-3,8,10-11,15,17H,4-7,9H2,1H3. The summed E-state index contributed by atoms with van der Waals surface area (Å²) in [4.78, 5) is 18.9. The molecule has 0 bridgehead atoms. The average molecular weight is 390 g/mol. The molecule has 0 radical (unpaired) electrons. The molecule has 2 aliphatic heterocycles. The first kappa shape index (κ1) is 15.7. The second-order valence-electron chi connectivity index (χ2n) is 6.56. The Bertz CT molecular complexity index is 765. The Hall–Kier alpha value is -1.82. The number of aryl methyl sites for hydroxylation is 1. The van der Waals surface area contributed by atoms with Crippen molar-refractivity contribution in [3.8, 4) is 5.75 Å². The van der Waals surface area contributed by atoms with Crippen molar-refractivity contribution < 1.29 is 9.53 Å². The highest BCUT2D eigenvalue weighted by Crippen LogP contribution is 2.32. The van der Waals surface area contributed by atoms with E-state index >= 15 is 0 Å². The number of nitrogens with zero attached hydrogens (tertiary/aromatic N) is 3. The van der Waals surface area contributed by atoms with Crippen molar-refractivity contribution >= 4 is 21.8 Å². The first-order chi connectivity index (χ1) is 11.6. The van der Waals surface area contributed by atoms with Gasteiger partial charge in [-0.2, -0.15) is 0 Å². The minimum absolute atomic E-state index is 0.114. The minimum atomic E-state index is -0.374. The van der Waals surface area contributed by atoms with Gasteiger partial charge < -0.3 is 14.2 Å². The number of hydrogen-bond donors (Lipinski definition) is 0. The Morgan fingerprint density at radius 2 is 2.12 bits per heavy atom. The van der Waals surface area contributed by atoms with Crippen LogP contribution >= 0.6 is 15.9 Å². The van der Waals surface area contributed by atoms with E-state index in [1.807, 2.05) is 35.6 Å². The molecule has 24 heavy (non-hydrogen) atoms. The molecule has 0 saturated carbocycles. The van der Waals surface area contributed by atoms with Crippen molar-refractivity contribution in [2.75, 3.05) is 13.1 Å². The summed E-state index contributed by atoms with van der Waals surface area (Å²) in [6.07, 6.45) is 6.00. The normalized spacial score (nSPS) is 20.8. The van der Waals surface area contributed by atoms with Crippen LogP contribution in [-0.2, 0) is 11.2 Å². The molecule has 1 amide bonds. The van der Waals surface area contributed by atoms with E-state index in [4.69, 9.17) is 4.74 Å². The molecule has 0 N–H and O–H groups in total. The molecule has 2 aromatic rings. The van der Waals surface area contributed by atoms with Crippen LogP contribution in [-0.4, -0.2) is 39.6 Å². The highest BCUT2D eigenvalue weighted by atomic mass is 79.9. The molecule has 1 aromatic carbocycles. The van der Waals surface area contributed by atoms with Crippen molar-refractivity contribution in [1.29, 1.82) is 0 Å². The number of ether oxygens (including phenoxy) is 1. The summed E-state index contributed by atoms with van der Waals surface area (Å²) < 4.78 is 9.11. The van der Waals surface area contributed by atoms with E-state index < -0.39 is 0 Å². The van der Waals surface area contributed by atoms with Crippen LogP contribution in [0.1, 0.15) is 30.1 Å². The molecule has 1 aromatic heterocycles. The number of aromatic nitrogens is 2. The smallest absolute Gasteiger partial charge is 0.263 e. The van der Waals surface area contributed by atoms with Gasteiger partial charge in [0.05, 0.1) is 6.33 Å². The molecular formula is C18H20BrN3O2. The van der Waals surface area contributed by atoms with Gasteiger partial charge in [0.25, 0.3) is 5.91 Å². The van der Waals surface area contributed by atoms with Crippen LogP contribution in [0.4, 0.5) is 0 Å². The molecule has 1 unspecified atom stereocenters. The van der Waals surface area contributed by atoms with E-state index in [9.17, 15) is 4.79 Å². The number of carbonyl (C=O) groups is 1. The van der Waals surface area contributed by atoms with Gasteiger partial charge in [-0.3, -0.25) is 4.79 Å². The Morgan fingerprint density at radius 1 is 1.33 bits per heavy atom. The van der Waals surface area contributed by atoms with Crippen molar-refractivity contribution in [3.63, 3.8) is 0 Å². The lowest BCUT2D eigenvalue weighted by molar-refractivity contribution is -0.139. The number of likely N-dealkylation sites (tertiary alicyclic amines) is 1. The fraction of sp³-hybridized carbons (Fsp3) is 0.444. The van der Waals surface area contributed by atoms with Crippen LogP contribution in [0.2, 0.25) is 0 Å². The van der Waals surface area contributed by atoms with Gasteiger partial charge in [-0.15, -0.1) is 0 Å². The Balaban J connectivity index is 1.38. The molecular weight excluding hydrogens is 370 g/mol. The molecule has 126 valence electrons. The third kappa shape index (κ3) is 2.83. The molecule has 1 fully saturated rings. The number of halogens is 1. The highest BCUT2D eigenvalue weighted by Gasteiger charge is 2.34. The zero-order valence-electron chi connectivity index (χ0n) is 13.6. The molecule has 4 rings (SSSR count). The Kier molecular flexibility index (Phi) is 4.08. The maximum Gasteiger partial charge on any atom is 0.263 e. The summed E-state index contributed by atoms with van der Waals surface area (Å²) in [7, 11) is 0. The fourth-order valence-corrected chi connectivity index (χ4v) is 4.08. The first-order valence-corrected chi connectivity index (χ1v) is 9.13. The molecule has 3 heterocycles. The molecule has 0 spiro atoms. The summed E-state index contributed by atoms with van der Waals surface area (Å²) in [5.74, 6) is 0.948. The quantitative estimate of drug-likeness (QED) is 0.792. The lowest BCUT2D eigenvalue weighted by atomic mass is 10.0. The predicted octanol–water partition coefficient (Wildman–Crippen LogP) is 3.12. The third-order valence-corrected chi connectivity index (χ3v) is 5.50. The van der Waals surface area contributed by atoms with E-state index in [0.717, 1.165) is 41.7 Å². The second-order valence-corrected chi connectivity index (χ2v) is 7.48. The van der Waals surface area contributed by atoms with Crippen LogP contribution in [0, 0.1) is 6.92 Å². The zero-order valence-corrected chi connectivity index (χ0v) is 15.2. The largest absolute Gasteiger partial charge is 0.480 e. The van der Waals surface area contributed by atoms with Gasteiger partial charge in [0, 0.05) is 41.9 Å². The predicted molar refractivity (Wildman–Crippen MR) is 94.1 cm³/mol. The van der Waals surface area contributed by atoms with Crippen LogP contribution in [0.5, 0.6) is 5.75 Å². The van der Waals surface area contributed by atoms with E-state index in [1.54, 1.807) is 0 Å². The maximum atomic E-state index is 12.8. The van der Waals surface area contributed by atoms with Gasteiger partial charge in [0.15, 0.2) is 6.10 Å². The van der Waals surface area contributed by atoms with Crippen LogP contribution < -0.4 is 4.74 Å². The molecule has 1 saturated heterocycles. The lowest BCUT2D eigenvalue weighted by Crippen LogP contribution is -2.45. The van der Waals surface area contributed by atoms with Gasteiger partial charge in [-0.25, -0.2) is 4.98 Å². The van der Waals surface area contributed by atoms with Gasteiger partial charge in [-0.1, -0.05) is 15.9 Å². The summed E-state index contributed by atoms with van der Waals surface area (Å²) >= 11 is 3.47. The summed E-state index contributed by atoms with van der Waals surface area (Å²) in [6.45, 7) is 3.63. The van der Waals surface area contributed by atoms with Gasteiger partial charge in [0.1, 0.15) is 5.75 Å². The number of carbonyl (C=O) groups excluding carboxylic acids is 1. The highest BCUT2D eigenvalue weighted by molar-refractivity contribution is 9.10. The minimum Gasteiger partial charge on any atom is -0.480 e. The summed E-state index contributed by atoms with van der Waals surface area (Å²) in [5, 5.41) is 0. The van der Waals surface area contributed by atoms with Gasteiger partial charge in [0.2, 0.25) is 0 Å². The monoisotopic (exact) mass is 389 g/mol. The SMILES string of the molecule is Cc1cncn1C1CCN(C(=O)C2Cc3cc(Br)ccc3O2)CC1. The van der Waals surface area contributed by atoms with Crippen molar-refractivity contribution in [2.45, 2.75) is 38.3 Å². The molecule has 6 heteroatoms. The van der Waals surface area contributed by atoms with Crippen LogP contribution in [0.3, 0.4) is 0 Å². The second kappa shape index (κ2) is 6.24. The molecule has 1 atom stereocenters. The summed E-state index contributed by atoms with van der Waals surface area (Å²) in [5.41, 5.74) is 2.28. The molecule has 2 aliphatic rings. The van der Waals surface area contributed by atoms with Crippen molar-refractivity contribution in [1.82, 2.24) is 14.5 Å². The van der Waals surface area contributed by atoms with Crippen molar-refractivity contribution in [3.05, 3.63) is 46.5 Å². The number of fused-ring (bicyclic) bond motifs is 1. The first-order valence-electron chi connectivity index (χ1n) is 8.34. The average Bonchev–Trinajstić information content (AvgIpc) is 3.20. The Labute approximate surface area is 149 Å².